The quantitative estimate of drug-likeness (QED) is 0.573. The number of nitrogens with two attached hydrogens (primary N) is 1. The lowest BCUT2D eigenvalue weighted by Crippen LogP contribution is -2.23. The van der Waals surface area contributed by atoms with Gasteiger partial charge in [-0.05, 0) is 42.8 Å². The Bertz CT molecular complexity index is 1410. The molecular formula is C23H15N5O. The van der Waals surface area contributed by atoms with Crippen LogP contribution in [0.3, 0.4) is 0 Å². The highest BCUT2D eigenvalue weighted by Crippen LogP contribution is 2.29. The number of rotatable bonds is 2. The number of nitrogen functional groups attached to an aromatic ring is 1. The van der Waals surface area contributed by atoms with Gasteiger partial charge < -0.3 is 5.73 Å². The Kier molecular flexibility index (Phi) is 4.31. The van der Waals surface area contributed by atoms with E-state index in [1.165, 1.54) is 4.57 Å². The second-order valence-corrected chi connectivity index (χ2v) is 6.60. The predicted molar refractivity (Wildman–Crippen MR) is 111 cm³/mol. The van der Waals surface area contributed by atoms with Gasteiger partial charge in [0.2, 0.25) is 0 Å². The topological polar surface area (TPSA) is 108 Å². The van der Waals surface area contributed by atoms with Gasteiger partial charge in [0, 0.05) is 17.1 Å². The second kappa shape index (κ2) is 6.95. The minimum absolute atomic E-state index is 0.123. The Hall–Kier alpha value is -4.42. The SMILES string of the molecule is Cc1ccc(-n2c(=O)c(C#N)c(N)c3ccc(-c4ccccn4)cc32)cc1C#N. The van der Waals surface area contributed by atoms with E-state index >= 15 is 0 Å². The average Bonchev–Trinajstić information content (AvgIpc) is 2.75. The molecule has 2 N–H and O–H groups in total. The number of nitriles is 2. The van der Waals surface area contributed by atoms with Crippen LogP contribution in [0, 0.1) is 29.6 Å². The summed E-state index contributed by atoms with van der Waals surface area (Å²) < 4.78 is 1.43. The van der Waals surface area contributed by atoms with Gasteiger partial charge in [-0.15, -0.1) is 0 Å². The molecule has 29 heavy (non-hydrogen) atoms. The van der Waals surface area contributed by atoms with E-state index in [1.807, 2.05) is 43.3 Å². The molecule has 0 fully saturated rings. The highest BCUT2D eigenvalue weighted by atomic mass is 16.1. The zero-order valence-electron chi connectivity index (χ0n) is 15.5. The average molecular weight is 377 g/mol. The number of aryl methyl sites for hydroxylation is 1. The Morgan fingerprint density at radius 3 is 2.55 bits per heavy atom. The van der Waals surface area contributed by atoms with Crippen LogP contribution in [0.15, 0.2) is 65.6 Å². The molecule has 0 saturated heterocycles. The van der Waals surface area contributed by atoms with E-state index in [9.17, 15) is 15.3 Å². The van der Waals surface area contributed by atoms with Crippen molar-refractivity contribution in [2.45, 2.75) is 6.92 Å². The van der Waals surface area contributed by atoms with Crippen LogP contribution in [0.5, 0.6) is 0 Å². The molecule has 0 aliphatic carbocycles. The molecule has 0 amide bonds. The highest BCUT2D eigenvalue weighted by molar-refractivity contribution is 5.96. The van der Waals surface area contributed by atoms with Crippen molar-refractivity contribution in [1.82, 2.24) is 9.55 Å². The number of aromatic nitrogens is 2. The molecule has 0 bridgehead atoms. The van der Waals surface area contributed by atoms with Crippen LogP contribution < -0.4 is 11.3 Å². The van der Waals surface area contributed by atoms with Gasteiger partial charge in [-0.2, -0.15) is 10.5 Å². The van der Waals surface area contributed by atoms with Crippen molar-refractivity contribution in [3.05, 3.63) is 87.8 Å². The molecule has 0 radical (unpaired) electrons. The summed E-state index contributed by atoms with van der Waals surface area (Å²) in [5, 5.41) is 19.5. The van der Waals surface area contributed by atoms with Crippen LogP contribution in [-0.2, 0) is 0 Å². The summed E-state index contributed by atoms with van der Waals surface area (Å²) in [6, 6.07) is 20.3. The van der Waals surface area contributed by atoms with E-state index < -0.39 is 5.56 Å². The summed E-state index contributed by atoms with van der Waals surface area (Å²) in [4.78, 5) is 17.5. The molecule has 0 saturated carbocycles. The maximum atomic E-state index is 13.1. The van der Waals surface area contributed by atoms with Gasteiger partial charge in [-0.3, -0.25) is 14.3 Å². The normalized spacial score (nSPS) is 10.4. The van der Waals surface area contributed by atoms with Crippen LogP contribution in [0.4, 0.5) is 5.69 Å². The van der Waals surface area contributed by atoms with Crippen molar-refractivity contribution in [2.75, 3.05) is 5.73 Å². The van der Waals surface area contributed by atoms with Crippen molar-refractivity contribution in [2.24, 2.45) is 0 Å². The molecule has 0 aliphatic rings. The third-order valence-electron chi connectivity index (χ3n) is 4.89. The third kappa shape index (κ3) is 2.90. The van der Waals surface area contributed by atoms with E-state index in [-0.39, 0.29) is 11.3 Å². The molecule has 0 atom stereocenters. The van der Waals surface area contributed by atoms with Crippen LogP contribution in [-0.4, -0.2) is 9.55 Å². The Balaban J connectivity index is 2.13. The molecule has 0 aliphatic heterocycles. The fourth-order valence-corrected chi connectivity index (χ4v) is 3.34. The summed E-state index contributed by atoms with van der Waals surface area (Å²) >= 11 is 0. The number of hydrogen-bond acceptors (Lipinski definition) is 5. The zero-order chi connectivity index (χ0) is 20.5. The molecule has 4 rings (SSSR count). The van der Waals surface area contributed by atoms with Crippen molar-refractivity contribution in [3.8, 4) is 29.1 Å². The number of nitrogens with zero attached hydrogens (tertiary/aromatic N) is 4. The molecule has 2 aromatic heterocycles. The minimum atomic E-state index is -0.525. The van der Waals surface area contributed by atoms with Gasteiger partial charge >= 0.3 is 0 Å². The Morgan fingerprint density at radius 2 is 1.86 bits per heavy atom. The summed E-state index contributed by atoms with van der Waals surface area (Å²) in [6.45, 7) is 1.83. The Morgan fingerprint density at radius 1 is 1.03 bits per heavy atom. The molecule has 6 heteroatoms. The number of anilines is 1. The molecule has 6 nitrogen and oxygen atoms in total. The van der Waals surface area contributed by atoms with E-state index in [4.69, 9.17) is 5.73 Å². The van der Waals surface area contributed by atoms with Crippen LogP contribution in [0.1, 0.15) is 16.7 Å². The van der Waals surface area contributed by atoms with E-state index in [1.54, 1.807) is 30.5 Å². The van der Waals surface area contributed by atoms with Gasteiger partial charge in [0.15, 0.2) is 0 Å². The smallest absolute Gasteiger partial charge is 0.275 e. The molecule has 2 aromatic carbocycles. The maximum Gasteiger partial charge on any atom is 0.275 e. The van der Waals surface area contributed by atoms with Gasteiger partial charge in [-0.1, -0.05) is 24.3 Å². The largest absolute Gasteiger partial charge is 0.397 e. The first-order chi connectivity index (χ1) is 14.0. The number of pyridine rings is 2. The Labute approximate surface area is 166 Å². The van der Waals surface area contributed by atoms with Gasteiger partial charge in [0.25, 0.3) is 5.56 Å². The summed E-state index contributed by atoms with van der Waals surface area (Å²) in [6.07, 6.45) is 1.69. The molecular weight excluding hydrogens is 362 g/mol. The molecule has 0 spiro atoms. The van der Waals surface area contributed by atoms with Crippen molar-refractivity contribution in [1.29, 1.82) is 10.5 Å². The van der Waals surface area contributed by atoms with Crippen LogP contribution in [0.25, 0.3) is 27.8 Å². The predicted octanol–water partition coefficient (Wildman–Crippen LogP) is 3.69. The minimum Gasteiger partial charge on any atom is -0.397 e. The number of fused-ring (bicyclic) bond motifs is 1. The van der Waals surface area contributed by atoms with Gasteiger partial charge in [0.05, 0.1) is 34.2 Å². The zero-order valence-corrected chi connectivity index (χ0v) is 15.5. The number of benzene rings is 2. The lowest BCUT2D eigenvalue weighted by molar-refractivity contribution is 1.03. The van der Waals surface area contributed by atoms with Crippen LogP contribution in [0.2, 0.25) is 0 Å². The summed E-state index contributed by atoms with van der Waals surface area (Å²) in [5.74, 6) is 0. The first-order valence-electron chi connectivity index (χ1n) is 8.86. The highest BCUT2D eigenvalue weighted by Gasteiger charge is 2.17. The van der Waals surface area contributed by atoms with Crippen molar-refractivity contribution in [3.63, 3.8) is 0 Å². The van der Waals surface area contributed by atoms with E-state index in [2.05, 4.69) is 11.1 Å². The van der Waals surface area contributed by atoms with Crippen molar-refractivity contribution < 1.29 is 0 Å². The lowest BCUT2D eigenvalue weighted by Gasteiger charge is -2.15. The number of hydrogen-bond donors (Lipinski definition) is 1. The molecule has 4 aromatic rings. The van der Waals surface area contributed by atoms with E-state index in [0.717, 1.165) is 16.8 Å². The fraction of sp³-hybridized carbons (Fsp3) is 0.0435. The summed E-state index contributed by atoms with van der Waals surface area (Å²) in [7, 11) is 0. The standard InChI is InChI=1S/C23H15N5O/c1-14-5-7-17(10-16(14)12-24)28-21-11-15(20-4-2-3-9-27-20)6-8-18(21)22(26)19(13-25)23(28)29/h2-11H,26H2,1H3. The molecule has 2 heterocycles. The van der Waals surface area contributed by atoms with Crippen molar-refractivity contribution >= 4 is 16.6 Å². The first kappa shape index (κ1) is 18.0. The molecule has 0 unspecified atom stereocenters. The van der Waals surface area contributed by atoms with Crippen LogP contribution >= 0.6 is 0 Å². The maximum absolute atomic E-state index is 13.1. The third-order valence-corrected chi connectivity index (χ3v) is 4.89. The lowest BCUT2D eigenvalue weighted by atomic mass is 10.0. The second-order valence-electron chi connectivity index (χ2n) is 6.60. The van der Waals surface area contributed by atoms with Gasteiger partial charge in [0.1, 0.15) is 11.6 Å². The monoisotopic (exact) mass is 377 g/mol. The first-order valence-corrected chi connectivity index (χ1v) is 8.86. The summed E-state index contributed by atoms with van der Waals surface area (Å²) in [5.41, 5.74) is 9.50. The van der Waals surface area contributed by atoms with Gasteiger partial charge in [-0.25, -0.2) is 0 Å². The molecule has 138 valence electrons. The van der Waals surface area contributed by atoms with E-state index in [0.29, 0.717) is 22.2 Å². The fourth-order valence-electron chi connectivity index (χ4n) is 3.34.